The molecule has 8 heteroatoms. The number of hydrogen-bond acceptors (Lipinski definition) is 6. The Kier molecular flexibility index (Phi) is 5.01. The molecule has 4 heterocycles. The number of piperazine rings is 1. The number of hydrogen-bond donors (Lipinski definition) is 2. The highest BCUT2D eigenvalue weighted by Crippen LogP contribution is 2.65. The normalized spacial score (nSPS) is 22.9. The predicted octanol–water partition coefficient (Wildman–Crippen LogP) is 4.15. The van der Waals surface area contributed by atoms with Crippen LogP contribution in [0.15, 0.2) is 54.7 Å². The van der Waals surface area contributed by atoms with Gasteiger partial charge in [-0.1, -0.05) is 19.1 Å². The highest BCUT2D eigenvalue weighted by atomic mass is 16.5. The molecule has 1 spiro atoms. The molecule has 2 N–H and O–H groups in total. The predicted molar refractivity (Wildman–Crippen MR) is 144 cm³/mol. The average Bonchev–Trinajstić information content (AvgIpc) is 3.47. The molecule has 1 saturated carbocycles. The number of fused-ring (bicyclic) bond motifs is 3. The molecule has 7 rings (SSSR count). The molecule has 188 valence electrons. The minimum absolute atomic E-state index is 0.0772. The fraction of sp³-hybridized carbons (Fsp3) is 0.345. The van der Waals surface area contributed by atoms with Crippen LogP contribution in [-0.2, 0) is 10.2 Å². The number of benzene rings is 2. The molecule has 1 aliphatic carbocycles. The van der Waals surface area contributed by atoms with Gasteiger partial charge in [0, 0.05) is 54.9 Å². The van der Waals surface area contributed by atoms with Crippen molar-refractivity contribution in [2.45, 2.75) is 24.7 Å². The number of amides is 1. The van der Waals surface area contributed by atoms with Crippen molar-refractivity contribution < 1.29 is 9.53 Å². The molecule has 2 aromatic carbocycles. The number of anilines is 2. The molecule has 37 heavy (non-hydrogen) atoms. The largest absolute Gasteiger partial charge is 0.497 e. The number of H-pyrrole nitrogens is 1. The molecular weight excluding hydrogens is 464 g/mol. The number of likely N-dealkylation sites (N-methyl/N-ethyl adjacent to an activating group) is 1. The number of carbonyl (C=O) groups is 1. The van der Waals surface area contributed by atoms with Crippen molar-refractivity contribution in [3.8, 4) is 17.0 Å². The second-order valence-corrected chi connectivity index (χ2v) is 10.3. The topological polar surface area (TPSA) is 86.4 Å². The minimum Gasteiger partial charge on any atom is -0.497 e. The summed E-state index contributed by atoms with van der Waals surface area (Å²) in [6.07, 6.45) is 2.72. The summed E-state index contributed by atoms with van der Waals surface area (Å²) in [5.41, 5.74) is 5.43. The Bertz CT molecular complexity index is 1500. The number of aromatic nitrogens is 3. The second kappa shape index (κ2) is 8.31. The molecule has 3 aliphatic rings. The number of aromatic amines is 1. The van der Waals surface area contributed by atoms with E-state index in [1.165, 1.54) is 0 Å². The number of nitrogens with zero attached hydrogens (tertiary/aromatic N) is 4. The minimum atomic E-state index is -0.511. The third-order valence-corrected chi connectivity index (χ3v) is 8.48. The van der Waals surface area contributed by atoms with Gasteiger partial charge in [0.1, 0.15) is 17.3 Å². The van der Waals surface area contributed by atoms with Crippen LogP contribution < -0.4 is 15.0 Å². The first kappa shape index (κ1) is 22.3. The highest BCUT2D eigenvalue weighted by molar-refractivity contribution is 6.10. The Hall–Kier alpha value is -3.91. The fourth-order valence-electron chi connectivity index (χ4n) is 6.18. The molecule has 1 saturated heterocycles. The quantitative estimate of drug-likeness (QED) is 0.434. The van der Waals surface area contributed by atoms with Gasteiger partial charge in [0.2, 0.25) is 5.91 Å². The van der Waals surface area contributed by atoms with E-state index in [9.17, 15) is 4.79 Å². The van der Waals surface area contributed by atoms with Crippen molar-refractivity contribution >= 4 is 28.3 Å². The van der Waals surface area contributed by atoms with Crippen LogP contribution in [0.25, 0.3) is 22.2 Å². The van der Waals surface area contributed by atoms with Crippen molar-refractivity contribution in [2.24, 2.45) is 0 Å². The van der Waals surface area contributed by atoms with E-state index in [1.807, 2.05) is 24.4 Å². The third-order valence-electron chi connectivity index (χ3n) is 8.48. The van der Waals surface area contributed by atoms with E-state index in [2.05, 4.69) is 62.6 Å². The average molecular weight is 495 g/mol. The SMILES string of the molecule is CCN1CCN(c2ccc(-c3n[nH]c4cc(C5C[C@@]56C(=O)Nc5ccc(OC)cc56)ccc34)cn2)CC1. The first-order chi connectivity index (χ1) is 18.1. The van der Waals surface area contributed by atoms with Crippen molar-refractivity contribution in [1.82, 2.24) is 20.1 Å². The lowest BCUT2D eigenvalue weighted by Crippen LogP contribution is -2.46. The van der Waals surface area contributed by atoms with Crippen LogP contribution in [0.1, 0.15) is 30.4 Å². The third kappa shape index (κ3) is 3.43. The highest BCUT2D eigenvalue weighted by Gasteiger charge is 2.65. The summed E-state index contributed by atoms with van der Waals surface area (Å²) < 4.78 is 5.43. The van der Waals surface area contributed by atoms with Crippen LogP contribution in [0.5, 0.6) is 5.75 Å². The van der Waals surface area contributed by atoms with Gasteiger partial charge in [-0.05, 0) is 60.5 Å². The molecule has 8 nitrogen and oxygen atoms in total. The second-order valence-electron chi connectivity index (χ2n) is 10.3. The van der Waals surface area contributed by atoms with Gasteiger partial charge in [0.15, 0.2) is 0 Å². The molecule has 4 aromatic rings. The Morgan fingerprint density at radius 1 is 1.08 bits per heavy atom. The zero-order chi connectivity index (χ0) is 25.1. The van der Waals surface area contributed by atoms with Crippen molar-refractivity contribution in [3.05, 3.63) is 65.9 Å². The van der Waals surface area contributed by atoms with Gasteiger partial charge in [-0.3, -0.25) is 9.89 Å². The lowest BCUT2D eigenvalue weighted by Gasteiger charge is -2.34. The molecule has 2 fully saturated rings. The summed E-state index contributed by atoms with van der Waals surface area (Å²) >= 11 is 0. The molecule has 0 bridgehead atoms. The summed E-state index contributed by atoms with van der Waals surface area (Å²) in [6.45, 7) is 7.48. The maximum atomic E-state index is 13.0. The zero-order valence-corrected chi connectivity index (χ0v) is 21.1. The van der Waals surface area contributed by atoms with E-state index in [0.717, 1.165) is 89.7 Å². The molecule has 0 radical (unpaired) electrons. The van der Waals surface area contributed by atoms with E-state index >= 15 is 0 Å². The Labute approximate surface area is 215 Å². The number of rotatable bonds is 5. The van der Waals surface area contributed by atoms with Gasteiger partial charge in [-0.2, -0.15) is 5.10 Å². The lowest BCUT2D eigenvalue weighted by molar-refractivity contribution is -0.118. The first-order valence-electron chi connectivity index (χ1n) is 13.0. The Balaban J connectivity index is 1.14. The van der Waals surface area contributed by atoms with Crippen LogP contribution in [0.3, 0.4) is 0 Å². The molecule has 1 unspecified atom stereocenters. The van der Waals surface area contributed by atoms with Gasteiger partial charge in [-0.15, -0.1) is 0 Å². The molecular formula is C29H30N6O2. The molecule has 1 amide bonds. The number of ether oxygens (including phenoxy) is 1. The molecule has 2 aliphatic heterocycles. The van der Waals surface area contributed by atoms with Gasteiger partial charge >= 0.3 is 0 Å². The first-order valence-corrected chi connectivity index (χ1v) is 13.0. The number of pyridine rings is 1. The number of carbonyl (C=O) groups excluding carboxylic acids is 1. The van der Waals surface area contributed by atoms with E-state index in [4.69, 9.17) is 9.72 Å². The smallest absolute Gasteiger partial charge is 0.235 e. The van der Waals surface area contributed by atoms with Crippen LogP contribution in [-0.4, -0.2) is 65.8 Å². The Morgan fingerprint density at radius 3 is 2.70 bits per heavy atom. The van der Waals surface area contributed by atoms with E-state index in [-0.39, 0.29) is 11.8 Å². The van der Waals surface area contributed by atoms with Crippen LogP contribution >= 0.6 is 0 Å². The van der Waals surface area contributed by atoms with Crippen molar-refractivity contribution in [3.63, 3.8) is 0 Å². The van der Waals surface area contributed by atoms with Gasteiger partial charge in [0.25, 0.3) is 0 Å². The maximum absolute atomic E-state index is 13.0. The van der Waals surface area contributed by atoms with Gasteiger partial charge < -0.3 is 19.9 Å². The monoisotopic (exact) mass is 494 g/mol. The number of nitrogens with one attached hydrogen (secondary N) is 2. The summed E-state index contributed by atoms with van der Waals surface area (Å²) in [7, 11) is 1.66. The summed E-state index contributed by atoms with van der Waals surface area (Å²) in [6, 6.07) is 16.4. The van der Waals surface area contributed by atoms with Gasteiger partial charge in [-0.25, -0.2) is 4.98 Å². The molecule has 2 aromatic heterocycles. The summed E-state index contributed by atoms with van der Waals surface area (Å²) in [5, 5.41) is 12.0. The van der Waals surface area contributed by atoms with Crippen LogP contribution in [0.4, 0.5) is 11.5 Å². The molecule has 2 atom stereocenters. The van der Waals surface area contributed by atoms with E-state index in [0.29, 0.717) is 0 Å². The maximum Gasteiger partial charge on any atom is 0.235 e. The van der Waals surface area contributed by atoms with Crippen molar-refractivity contribution in [2.75, 3.05) is 50.1 Å². The number of methoxy groups -OCH3 is 1. The van der Waals surface area contributed by atoms with E-state index < -0.39 is 5.41 Å². The summed E-state index contributed by atoms with van der Waals surface area (Å²) in [5.74, 6) is 2.00. The van der Waals surface area contributed by atoms with Crippen LogP contribution in [0, 0.1) is 0 Å². The summed E-state index contributed by atoms with van der Waals surface area (Å²) in [4.78, 5) is 22.6. The Morgan fingerprint density at radius 2 is 1.95 bits per heavy atom. The zero-order valence-electron chi connectivity index (χ0n) is 21.1. The van der Waals surface area contributed by atoms with Crippen molar-refractivity contribution in [1.29, 1.82) is 0 Å². The standard InChI is InChI=1S/C29H30N6O2/c1-3-34-10-12-35(13-11-34)26-9-5-19(17-30-26)27-21-7-4-18(14-25(21)32-33-27)23-16-29(23)22-15-20(37-2)6-8-24(22)31-28(29)36/h4-9,14-15,17,23H,3,10-13,16H2,1-2H3,(H,31,36)(H,32,33)/t23?,29-/m0/s1. The van der Waals surface area contributed by atoms with Gasteiger partial charge in [0.05, 0.1) is 18.0 Å². The lowest BCUT2D eigenvalue weighted by atomic mass is 9.91. The fourth-order valence-corrected chi connectivity index (χ4v) is 6.18. The van der Waals surface area contributed by atoms with E-state index in [1.54, 1.807) is 7.11 Å². The van der Waals surface area contributed by atoms with Crippen LogP contribution in [0.2, 0.25) is 0 Å².